The zero-order valence-corrected chi connectivity index (χ0v) is 9.94. The summed E-state index contributed by atoms with van der Waals surface area (Å²) < 4.78 is 5.44. The van der Waals surface area contributed by atoms with E-state index in [4.69, 9.17) is 4.74 Å². The molecule has 0 aliphatic carbocycles. The summed E-state index contributed by atoms with van der Waals surface area (Å²) in [5.74, 6) is 0. The molecule has 1 N–H and O–H groups in total. The van der Waals surface area contributed by atoms with Crippen LogP contribution in [0.15, 0.2) is 12.2 Å². The summed E-state index contributed by atoms with van der Waals surface area (Å²) in [7, 11) is 0. The average molecular weight is 199 g/mol. The highest BCUT2D eigenvalue weighted by molar-refractivity contribution is 4.87. The number of hydrogen-bond donors (Lipinski definition) is 1. The van der Waals surface area contributed by atoms with Gasteiger partial charge in [-0.05, 0) is 53.1 Å². The van der Waals surface area contributed by atoms with Crippen LogP contribution in [0, 0.1) is 0 Å². The van der Waals surface area contributed by atoms with E-state index in [1.54, 1.807) is 0 Å². The fourth-order valence-corrected chi connectivity index (χ4v) is 1.10. The highest BCUT2D eigenvalue weighted by Crippen LogP contribution is 1.95. The van der Waals surface area contributed by atoms with Crippen molar-refractivity contribution in [3.63, 3.8) is 0 Å². The van der Waals surface area contributed by atoms with Crippen LogP contribution in [0.25, 0.3) is 0 Å². The molecule has 0 rings (SSSR count). The summed E-state index contributed by atoms with van der Waals surface area (Å²) >= 11 is 0. The Hall–Kier alpha value is -0.340. The van der Waals surface area contributed by atoms with Gasteiger partial charge in [-0.25, -0.2) is 0 Å². The Balaban J connectivity index is 2.96. The van der Waals surface area contributed by atoms with Crippen molar-refractivity contribution in [2.75, 3.05) is 19.7 Å². The maximum atomic E-state index is 5.44. The molecule has 0 aromatic heterocycles. The maximum absolute atomic E-state index is 5.44. The number of ether oxygens (including phenoxy) is 1. The predicted molar refractivity (Wildman–Crippen MR) is 62.6 cm³/mol. The van der Waals surface area contributed by atoms with Crippen LogP contribution < -0.4 is 5.32 Å². The lowest BCUT2D eigenvalue weighted by molar-refractivity contribution is 0.0760. The number of unbranched alkanes of at least 4 members (excludes halogenated alkanes) is 1. The second kappa shape index (κ2) is 9.22. The SMILES string of the molecule is C=C(C)CCNCCCCOC(C)C. The van der Waals surface area contributed by atoms with E-state index in [1.807, 2.05) is 0 Å². The van der Waals surface area contributed by atoms with Gasteiger partial charge in [-0.1, -0.05) is 5.57 Å². The van der Waals surface area contributed by atoms with Crippen LogP contribution in [-0.2, 0) is 4.74 Å². The van der Waals surface area contributed by atoms with Gasteiger partial charge >= 0.3 is 0 Å². The quantitative estimate of drug-likeness (QED) is 0.455. The van der Waals surface area contributed by atoms with E-state index >= 15 is 0 Å². The molecule has 0 spiro atoms. The van der Waals surface area contributed by atoms with Gasteiger partial charge in [-0.2, -0.15) is 0 Å². The van der Waals surface area contributed by atoms with Crippen molar-refractivity contribution >= 4 is 0 Å². The predicted octanol–water partition coefficient (Wildman–Crippen LogP) is 2.75. The minimum absolute atomic E-state index is 0.367. The zero-order chi connectivity index (χ0) is 10.8. The molecule has 14 heavy (non-hydrogen) atoms. The standard InChI is InChI=1S/C12H25NO/c1-11(2)7-9-13-8-5-6-10-14-12(3)4/h12-13H,1,5-10H2,2-4H3. The normalized spacial score (nSPS) is 10.9. The van der Waals surface area contributed by atoms with Gasteiger partial charge < -0.3 is 10.1 Å². The molecule has 0 bridgehead atoms. The summed E-state index contributed by atoms with van der Waals surface area (Å²) in [6, 6.07) is 0. The molecule has 0 radical (unpaired) electrons. The van der Waals surface area contributed by atoms with Gasteiger partial charge in [0.1, 0.15) is 0 Å². The molecule has 0 heterocycles. The van der Waals surface area contributed by atoms with Crippen molar-refractivity contribution in [3.05, 3.63) is 12.2 Å². The first-order valence-electron chi connectivity index (χ1n) is 5.59. The van der Waals surface area contributed by atoms with Crippen molar-refractivity contribution in [3.8, 4) is 0 Å². The molecule has 0 aliphatic heterocycles. The third-order valence-electron chi connectivity index (χ3n) is 1.93. The van der Waals surface area contributed by atoms with Crippen molar-refractivity contribution < 1.29 is 4.74 Å². The lowest BCUT2D eigenvalue weighted by Crippen LogP contribution is -2.17. The van der Waals surface area contributed by atoms with Gasteiger partial charge in [0.15, 0.2) is 0 Å². The third kappa shape index (κ3) is 11.7. The van der Waals surface area contributed by atoms with Crippen LogP contribution in [0.5, 0.6) is 0 Å². The summed E-state index contributed by atoms with van der Waals surface area (Å²) in [6.45, 7) is 13.1. The monoisotopic (exact) mass is 199 g/mol. The van der Waals surface area contributed by atoms with Crippen molar-refractivity contribution in [1.82, 2.24) is 5.32 Å². The van der Waals surface area contributed by atoms with Gasteiger partial charge in [-0.3, -0.25) is 0 Å². The summed E-state index contributed by atoms with van der Waals surface area (Å²) in [5, 5.41) is 3.39. The van der Waals surface area contributed by atoms with Crippen LogP contribution >= 0.6 is 0 Å². The highest BCUT2D eigenvalue weighted by atomic mass is 16.5. The fraction of sp³-hybridized carbons (Fsp3) is 0.833. The van der Waals surface area contributed by atoms with Crippen molar-refractivity contribution in [1.29, 1.82) is 0 Å². The van der Waals surface area contributed by atoms with Gasteiger partial charge in [0.05, 0.1) is 6.10 Å². The average Bonchev–Trinajstić information content (AvgIpc) is 2.08. The first-order valence-corrected chi connectivity index (χ1v) is 5.59. The van der Waals surface area contributed by atoms with E-state index in [0.29, 0.717) is 6.10 Å². The molecule has 0 amide bonds. The fourth-order valence-electron chi connectivity index (χ4n) is 1.10. The molecule has 0 aromatic carbocycles. The largest absolute Gasteiger partial charge is 0.379 e. The number of rotatable bonds is 9. The summed E-state index contributed by atoms with van der Waals surface area (Å²) in [4.78, 5) is 0. The molecular formula is C12H25NO. The Labute approximate surface area is 88.7 Å². The molecule has 2 heteroatoms. The van der Waals surface area contributed by atoms with Crippen LogP contribution in [-0.4, -0.2) is 25.8 Å². The van der Waals surface area contributed by atoms with E-state index in [1.165, 1.54) is 12.0 Å². The van der Waals surface area contributed by atoms with E-state index in [2.05, 4.69) is 32.7 Å². The Morgan fingerprint density at radius 1 is 1.29 bits per heavy atom. The third-order valence-corrected chi connectivity index (χ3v) is 1.93. The number of hydrogen-bond acceptors (Lipinski definition) is 2. The van der Waals surface area contributed by atoms with Crippen molar-refractivity contribution in [2.24, 2.45) is 0 Å². The Bertz CT molecular complexity index is 143. The minimum Gasteiger partial charge on any atom is -0.379 e. The van der Waals surface area contributed by atoms with Gasteiger partial charge in [-0.15, -0.1) is 6.58 Å². The second-order valence-corrected chi connectivity index (χ2v) is 4.08. The molecule has 0 atom stereocenters. The van der Waals surface area contributed by atoms with Crippen molar-refractivity contribution in [2.45, 2.75) is 46.1 Å². The van der Waals surface area contributed by atoms with E-state index in [9.17, 15) is 0 Å². The Kier molecular flexibility index (Phi) is 9.00. The number of nitrogens with one attached hydrogen (secondary N) is 1. The Morgan fingerprint density at radius 3 is 2.57 bits per heavy atom. The first-order chi connectivity index (χ1) is 6.63. The van der Waals surface area contributed by atoms with Crippen LogP contribution in [0.1, 0.15) is 40.0 Å². The lowest BCUT2D eigenvalue weighted by atomic mass is 10.2. The molecule has 2 nitrogen and oxygen atoms in total. The molecule has 84 valence electrons. The van der Waals surface area contributed by atoms with E-state index < -0.39 is 0 Å². The smallest absolute Gasteiger partial charge is 0.0518 e. The van der Waals surface area contributed by atoms with E-state index in [0.717, 1.165) is 32.5 Å². The van der Waals surface area contributed by atoms with Crippen LogP contribution in [0.4, 0.5) is 0 Å². The summed E-state index contributed by atoms with van der Waals surface area (Å²) in [5.41, 5.74) is 1.25. The highest BCUT2D eigenvalue weighted by Gasteiger charge is 1.93. The molecule has 0 saturated carbocycles. The molecular weight excluding hydrogens is 174 g/mol. The zero-order valence-electron chi connectivity index (χ0n) is 9.94. The molecule has 0 aromatic rings. The minimum atomic E-state index is 0.367. The second-order valence-electron chi connectivity index (χ2n) is 4.08. The van der Waals surface area contributed by atoms with E-state index in [-0.39, 0.29) is 0 Å². The van der Waals surface area contributed by atoms with Crippen LogP contribution in [0.3, 0.4) is 0 Å². The Morgan fingerprint density at radius 2 is 2.00 bits per heavy atom. The summed E-state index contributed by atoms with van der Waals surface area (Å²) in [6.07, 6.45) is 3.80. The van der Waals surface area contributed by atoms with Gasteiger partial charge in [0, 0.05) is 6.61 Å². The van der Waals surface area contributed by atoms with Gasteiger partial charge in [0.25, 0.3) is 0 Å². The molecule has 0 saturated heterocycles. The van der Waals surface area contributed by atoms with Gasteiger partial charge in [0.2, 0.25) is 0 Å². The van der Waals surface area contributed by atoms with Crippen LogP contribution in [0.2, 0.25) is 0 Å². The topological polar surface area (TPSA) is 21.3 Å². The molecule has 0 unspecified atom stereocenters. The first kappa shape index (κ1) is 13.7. The molecule has 0 aliphatic rings. The maximum Gasteiger partial charge on any atom is 0.0518 e. The lowest BCUT2D eigenvalue weighted by Gasteiger charge is -2.07. The molecule has 0 fully saturated rings.